The highest BCUT2D eigenvalue weighted by molar-refractivity contribution is 5.69. The first-order valence-electron chi connectivity index (χ1n) is 3.40. The summed E-state index contributed by atoms with van der Waals surface area (Å²) in [6.45, 7) is 5.64. The first kappa shape index (κ1) is 9.21. The summed E-state index contributed by atoms with van der Waals surface area (Å²) in [7, 11) is 0. The van der Waals surface area contributed by atoms with Crippen molar-refractivity contribution in [3.05, 3.63) is 11.6 Å². The van der Waals surface area contributed by atoms with Crippen molar-refractivity contribution in [1.82, 2.24) is 0 Å². The minimum Gasteiger partial charge on any atom is -0.481 e. The number of aliphatic carboxylic acids is 1. The molecule has 0 aromatic heterocycles. The molecule has 0 aromatic rings. The van der Waals surface area contributed by atoms with E-state index < -0.39 is 5.97 Å². The molecule has 10 heavy (non-hydrogen) atoms. The second kappa shape index (κ2) is 4.09. The van der Waals surface area contributed by atoms with Gasteiger partial charge in [-0.3, -0.25) is 4.79 Å². The van der Waals surface area contributed by atoms with Crippen LogP contribution in [0.1, 0.15) is 27.2 Å². The fraction of sp³-hybridized carbons (Fsp3) is 0.625. The average Bonchev–Trinajstić information content (AvgIpc) is 1.82. The van der Waals surface area contributed by atoms with Gasteiger partial charge in [-0.05, 0) is 20.3 Å². The summed E-state index contributed by atoms with van der Waals surface area (Å²) in [5.41, 5.74) is 1.17. The van der Waals surface area contributed by atoms with E-state index in [0.29, 0.717) is 6.42 Å². The number of carbonyl (C=O) groups is 1. The summed E-state index contributed by atoms with van der Waals surface area (Å²) >= 11 is 0. The van der Waals surface area contributed by atoms with Crippen LogP contribution >= 0.6 is 0 Å². The zero-order valence-corrected chi connectivity index (χ0v) is 6.72. The van der Waals surface area contributed by atoms with Gasteiger partial charge in [0, 0.05) is 0 Å². The maximum atomic E-state index is 10.3. The van der Waals surface area contributed by atoms with Crippen LogP contribution in [-0.2, 0) is 4.79 Å². The van der Waals surface area contributed by atoms with Crippen LogP contribution in [-0.4, -0.2) is 11.1 Å². The number of carboxylic acids is 1. The molecule has 0 fully saturated rings. The van der Waals surface area contributed by atoms with Gasteiger partial charge in [0.05, 0.1) is 5.92 Å². The first-order valence-corrected chi connectivity index (χ1v) is 3.40. The van der Waals surface area contributed by atoms with Gasteiger partial charge in [0.1, 0.15) is 0 Å². The molecular weight excluding hydrogens is 128 g/mol. The van der Waals surface area contributed by atoms with Gasteiger partial charge in [-0.1, -0.05) is 18.6 Å². The highest BCUT2D eigenvalue weighted by atomic mass is 16.4. The van der Waals surface area contributed by atoms with Crippen molar-refractivity contribution >= 4 is 5.97 Å². The van der Waals surface area contributed by atoms with E-state index in [-0.39, 0.29) is 5.92 Å². The van der Waals surface area contributed by atoms with Crippen LogP contribution in [0.3, 0.4) is 0 Å². The molecule has 0 saturated heterocycles. The monoisotopic (exact) mass is 142 g/mol. The fourth-order valence-electron chi connectivity index (χ4n) is 0.513. The molecule has 0 aliphatic heterocycles. The van der Waals surface area contributed by atoms with Crippen LogP contribution in [0, 0.1) is 5.92 Å². The Kier molecular flexibility index (Phi) is 3.77. The van der Waals surface area contributed by atoms with E-state index in [9.17, 15) is 4.79 Å². The molecule has 0 amide bonds. The Hall–Kier alpha value is -0.790. The maximum absolute atomic E-state index is 10.3. The molecule has 0 rings (SSSR count). The lowest BCUT2D eigenvalue weighted by atomic mass is 10.1. The molecular formula is C8H14O2. The first-order chi connectivity index (χ1) is 4.54. The Labute approximate surface area is 61.6 Å². The van der Waals surface area contributed by atoms with Crippen LogP contribution in [0.15, 0.2) is 11.6 Å². The molecule has 0 spiro atoms. The Morgan fingerprint density at radius 2 is 2.10 bits per heavy atom. The third-order valence-corrected chi connectivity index (χ3v) is 1.30. The Balaban J connectivity index is 3.70. The third-order valence-electron chi connectivity index (χ3n) is 1.30. The number of carboxylic acid groups (broad SMARTS) is 1. The molecule has 0 aliphatic rings. The number of allylic oxidation sites excluding steroid dienone is 2. The van der Waals surface area contributed by atoms with E-state index in [0.717, 1.165) is 0 Å². The smallest absolute Gasteiger partial charge is 0.306 e. The standard InChI is InChI=1S/C8H14O2/c1-6(2)4-5-7(3)8(9)10/h4,7H,5H2,1-3H3,(H,9,10)/t7-/m0/s1. The molecule has 0 aromatic carbocycles. The van der Waals surface area contributed by atoms with E-state index >= 15 is 0 Å². The van der Waals surface area contributed by atoms with Crippen molar-refractivity contribution in [2.24, 2.45) is 5.92 Å². The normalized spacial score (nSPS) is 12.3. The van der Waals surface area contributed by atoms with E-state index in [1.54, 1.807) is 6.92 Å². The molecule has 58 valence electrons. The van der Waals surface area contributed by atoms with Crippen LogP contribution < -0.4 is 0 Å². The lowest BCUT2D eigenvalue weighted by molar-refractivity contribution is -0.140. The van der Waals surface area contributed by atoms with E-state index in [4.69, 9.17) is 5.11 Å². The zero-order valence-electron chi connectivity index (χ0n) is 6.72. The highest BCUT2D eigenvalue weighted by Crippen LogP contribution is 2.04. The van der Waals surface area contributed by atoms with Crippen molar-refractivity contribution < 1.29 is 9.90 Å². The lowest BCUT2D eigenvalue weighted by Crippen LogP contribution is -2.07. The third kappa shape index (κ3) is 4.13. The van der Waals surface area contributed by atoms with Gasteiger partial charge in [0.2, 0.25) is 0 Å². The van der Waals surface area contributed by atoms with Crippen molar-refractivity contribution in [3.8, 4) is 0 Å². The molecule has 2 nitrogen and oxygen atoms in total. The molecule has 2 heteroatoms. The summed E-state index contributed by atoms with van der Waals surface area (Å²) in [6, 6.07) is 0. The van der Waals surface area contributed by atoms with Gasteiger partial charge in [-0.15, -0.1) is 0 Å². The average molecular weight is 142 g/mol. The van der Waals surface area contributed by atoms with E-state index in [2.05, 4.69) is 0 Å². The topological polar surface area (TPSA) is 37.3 Å². The quantitative estimate of drug-likeness (QED) is 0.612. The zero-order chi connectivity index (χ0) is 8.15. The second-order valence-electron chi connectivity index (χ2n) is 2.76. The highest BCUT2D eigenvalue weighted by Gasteiger charge is 2.07. The molecule has 0 radical (unpaired) electrons. The van der Waals surface area contributed by atoms with Gasteiger partial charge in [-0.2, -0.15) is 0 Å². The molecule has 1 atom stereocenters. The molecule has 0 unspecified atom stereocenters. The van der Waals surface area contributed by atoms with Crippen LogP contribution in [0.5, 0.6) is 0 Å². The molecule has 0 heterocycles. The number of hydrogen-bond acceptors (Lipinski definition) is 1. The largest absolute Gasteiger partial charge is 0.481 e. The van der Waals surface area contributed by atoms with Crippen molar-refractivity contribution in [3.63, 3.8) is 0 Å². The lowest BCUT2D eigenvalue weighted by Gasteiger charge is -2.00. The van der Waals surface area contributed by atoms with Crippen LogP contribution in [0.25, 0.3) is 0 Å². The summed E-state index contributed by atoms with van der Waals surface area (Å²) in [5.74, 6) is -0.979. The second-order valence-corrected chi connectivity index (χ2v) is 2.76. The molecule has 0 bridgehead atoms. The Morgan fingerprint density at radius 1 is 1.60 bits per heavy atom. The van der Waals surface area contributed by atoms with Gasteiger partial charge in [0.15, 0.2) is 0 Å². The van der Waals surface area contributed by atoms with Gasteiger partial charge < -0.3 is 5.11 Å². The van der Waals surface area contributed by atoms with Gasteiger partial charge in [0.25, 0.3) is 0 Å². The molecule has 0 saturated carbocycles. The van der Waals surface area contributed by atoms with Gasteiger partial charge >= 0.3 is 5.97 Å². The summed E-state index contributed by atoms with van der Waals surface area (Å²) in [5, 5.41) is 8.47. The minimum absolute atomic E-state index is 0.255. The molecule has 0 aliphatic carbocycles. The van der Waals surface area contributed by atoms with Crippen molar-refractivity contribution in [2.75, 3.05) is 0 Å². The molecule has 1 N–H and O–H groups in total. The summed E-state index contributed by atoms with van der Waals surface area (Å²) < 4.78 is 0. The predicted octanol–water partition coefficient (Wildman–Crippen LogP) is 2.06. The van der Waals surface area contributed by atoms with Crippen LogP contribution in [0.2, 0.25) is 0 Å². The summed E-state index contributed by atoms with van der Waals surface area (Å²) in [4.78, 5) is 10.3. The predicted molar refractivity (Wildman–Crippen MR) is 40.8 cm³/mol. The Bertz CT molecular complexity index is 143. The van der Waals surface area contributed by atoms with Gasteiger partial charge in [-0.25, -0.2) is 0 Å². The summed E-state index contributed by atoms with van der Waals surface area (Å²) in [6.07, 6.45) is 2.58. The van der Waals surface area contributed by atoms with Crippen molar-refractivity contribution in [2.45, 2.75) is 27.2 Å². The fourth-order valence-corrected chi connectivity index (χ4v) is 0.513. The number of hydrogen-bond donors (Lipinski definition) is 1. The van der Waals surface area contributed by atoms with E-state index in [1.807, 2.05) is 19.9 Å². The maximum Gasteiger partial charge on any atom is 0.306 e. The van der Waals surface area contributed by atoms with Crippen molar-refractivity contribution in [1.29, 1.82) is 0 Å². The minimum atomic E-state index is -0.725. The van der Waals surface area contributed by atoms with E-state index in [1.165, 1.54) is 5.57 Å². The Morgan fingerprint density at radius 3 is 2.40 bits per heavy atom. The van der Waals surface area contributed by atoms with Crippen LogP contribution in [0.4, 0.5) is 0 Å². The SMILES string of the molecule is CC(C)=CC[C@H](C)C(=O)O. The number of rotatable bonds is 3.